The monoisotopic (exact) mass is 507 g/mol. The van der Waals surface area contributed by atoms with E-state index in [2.05, 4.69) is 34.2 Å². The van der Waals surface area contributed by atoms with Gasteiger partial charge < -0.3 is 5.32 Å². The van der Waals surface area contributed by atoms with E-state index in [4.69, 9.17) is 17.3 Å². The molecule has 6 heteroatoms. The van der Waals surface area contributed by atoms with Crippen LogP contribution >= 0.6 is 12.2 Å². The summed E-state index contributed by atoms with van der Waals surface area (Å²) in [5.41, 5.74) is 5.93. The number of aromatic nitrogens is 2. The van der Waals surface area contributed by atoms with Crippen molar-refractivity contribution in [2.75, 3.05) is 6.54 Å². The fraction of sp³-hybridized carbons (Fsp3) is 0.533. The van der Waals surface area contributed by atoms with E-state index in [0.29, 0.717) is 11.7 Å². The van der Waals surface area contributed by atoms with Gasteiger partial charge in [-0.05, 0) is 49.3 Å². The molecule has 2 rings (SSSR count). The average molecular weight is 508 g/mol. The van der Waals surface area contributed by atoms with Crippen LogP contribution in [-0.4, -0.2) is 27.3 Å². The number of rotatable bonds is 19. The molecule has 5 nitrogen and oxygen atoms in total. The lowest BCUT2D eigenvalue weighted by atomic mass is 9.91. The molecular formula is C30H45N5S. The number of thiocarbonyl (C=S) groups is 1. The first-order valence-electron chi connectivity index (χ1n) is 13.8. The highest BCUT2D eigenvalue weighted by Gasteiger charge is 2.23. The van der Waals surface area contributed by atoms with Crippen molar-refractivity contribution in [1.82, 2.24) is 20.7 Å². The van der Waals surface area contributed by atoms with E-state index in [0.717, 1.165) is 29.9 Å². The number of pyridine rings is 2. The third-order valence-electron chi connectivity index (χ3n) is 6.29. The van der Waals surface area contributed by atoms with Crippen LogP contribution in [0.15, 0.2) is 66.5 Å². The number of nitrogens with zero attached hydrogens (tertiary/aromatic N) is 3. The minimum Gasteiger partial charge on any atom is -0.358 e. The second kappa shape index (κ2) is 19.6. The summed E-state index contributed by atoms with van der Waals surface area (Å²) in [6, 6.07) is 12.0. The first-order valence-corrected chi connectivity index (χ1v) is 14.2. The zero-order chi connectivity index (χ0) is 25.7. The molecule has 2 aromatic heterocycles. The molecule has 2 heterocycles. The average Bonchev–Trinajstić information content (AvgIpc) is 2.92. The van der Waals surface area contributed by atoms with E-state index >= 15 is 0 Å². The van der Waals surface area contributed by atoms with E-state index < -0.39 is 0 Å². The summed E-state index contributed by atoms with van der Waals surface area (Å²) in [6.45, 7) is 6.60. The fourth-order valence-electron chi connectivity index (χ4n) is 4.33. The summed E-state index contributed by atoms with van der Waals surface area (Å²) < 4.78 is 0. The first-order chi connectivity index (χ1) is 17.8. The zero-order valence-electron chi connectivity index (χ0n) is 22.1. The van der Waals surface area contributed by atoms with E-state index in [-0.39, 0.29) is 5.92 Å². The Hall–Kier alpha value is -2.60. The Kier molecular flexibility index (Phi) is 16.1. The van der Waals surface area contributed by atoms with Gasteiger partial charge in [-0.3, -0.25) is 15.4 Å². The van der Waals surface area contributed by atoms with Gasteiger partial charge in [0.25, 0.3) is 0 Å². The zero-order valence-corrected chi connectivity index (χ0v) is 22.9. The molecule has 2 aromatic rings. The number of hydrazone groups is 1. The van der Waals surface area contributed by atoms with Crippen LogP contribution in [-0.2, 0) is 0 Å². The van der Waals surface area contributed by atoms with Crippen LogP contribution in [0.5, 0.6) is 0 Å². The molecule has 0 amide bonds. The normalized spacial score (nSPS) is 11.4. The Morgan fingerprint density at radius 1 is 0.861 bits per heavy atom. The van der Waals surface area contributed by atoms with Crippen molar-refractivity contribution in [2.45, 2.75) is 96.3 Å². The molecule has 36 heavy (non-hydrogen) atoms. The van der Waals surface area contributed by atoms with Crippen LogP contribution in [0.1, 0.15) is 108 Å². The van der Waals surface area contributed by atoms with Gasteiger partial charge in [0, 0.05) is 18.9 Å². The van der Waals surface area contributed by atoms with Crippen molar-refractivity contribution in [3.63, 3.8) is 0 Å². The lowest BCUT2D eigenvalue weighted by Gasteiger charge is -2.19. The van der Waals surface area contributed by atoms with Crippen LogP contribution < -0.4 is 10.7 Å². The minimum absolute atomic E-state index is 0.116. The molecular weight excluding hydrogens is 462 g/mol. The maximum Gasteiger partial charge on any atom is 0.187 e. The highest BCUT2D eigenvalue weighted by molar-refractivity contribution is 7.80. The van der Waals surface area contributed by atoms with Gasteiger partial charge in [-0.1, -0.05) is 95.8 Å². The van der Waals surface area contributed by atoms with Crippen LogP contribution in [0.2, 0.25) is 0 Å². The summed E-state index contributed by atoms with van der Waals surface area (Å²) in [4.78, 5) is 9.30. The molecule has 0 saturated heterocycles. The van der Waals surface area contributed by atoms with E-state index in [1.807, 2.05) is 48.8 Å². The maximum atomic E-state index is 5.38. The highest BCUT2D eigenvalue weighted by atomic mass is 32.1. The first kappa shape index (κ1) is 29.6. The maximum absolute atomic E-state index is 5.38. The van der Waals surface area contributed by atoms with Gasteiger partial charge in [-0.25, -0.2) is 0 Å². The number of unbranched alkanes of at least 4 members (excludes halogenated alkanes) is 11. The van der Waals surface area contributed by atoms with Crippen molar-refractivity contribution in [3.05, 3.63) is 72.8 Å². The number of nitrogens with one attached hydrogen (secondary N) is 2. The lowest BCUT2D eigenvalue weighted by Crippen LogP contribution is -2.33. The SMILES string of the molecule is C=CCNC(=S)NN=C(CCCCCCCCCCCCCC)C(c1ccccn1)c1ccccn1. The van der Waals surface area contributed by atoms with Crippen molar-refractivity contribution in [2.24, 2.45) is 5.10 Å². The molecule has 0 aliphatic heterocycles. The predicted octanol–water partition coefficient (Wildman–Crippen LogP) is 7.71. The molecule has 196 valence electrons. The topological polar surface area (TPSA) is 62.2 Å². The molecule has 0 bridgehead atoms. The highest BCUT2D eigenvalue weighted by Crippen LogP contribution is 2.26. The lowest BCUT2D eigenvalue weighted by molar-refractivity contribution is 0.545. The molecule has 0 aromatic carbocycles. The quantitative estimate of drug-likeness (QED) is 0.0670. The molecule has 0 aliphatic carbocycles. The van der Waals surface area contributed by atoms with Crippen molar-refractivity contribution in [3.8, 4) is 0 Å². The Morgan fingerprint density at radius 3 is 1.86 bits per heavy atom. The number of hydrogen-bond donors (Lipinski definition) is 2. The summed E-state index contributed by atoms with van der Waals surface area (Å²) in [5.74, 6) is -0.116. The molecule has 0 aliphatic rings. The molecule has 2 N–H and O–H groups in total. The molecule has 0 radical (unpaired) electrons. The van der Waals surface area contributed by atoms with Gasteiger partial charge in [0.05, 0.1) is 23.0 Å². The van der Waals surface area contributed by atoms with Gasteiger partial charge in [-0.15, -0.1) is 6.58 Å². The van der Waals surface area contributed by atoms with Crippen molar-refractivity contribution >= 4 is 23.0 Å². The third-order valence-corrected chi connectivity index (χ3v) is 6.53. The predicted molar refractivity (Wildman–Crippen MR) is 157 cm³/mol. The molecule has 0 unspecified atom stereocenters. The molecule has 0 fully saturated rings. The van der Waals surface area contributed by atoms with Crippen LogP contribution in [0.3, 0.4) is 0 Å². The Bertz CT molecular complexity index is 830. The van der Waals surface area contributed by atoms with Crippen LogP contribution in [0.4, 0.5) is 0 Å². The molecule has 0 spiro atoms. The van der Waals surface area contributed by atoms with Crippen LogP contribution in [0, 0.1) is 0 Å². The van der Waals surface area contributed by atoms with E-state index in [9.17, 15) is 0 Å². The van der Waals surface area contributed by atoms with E-state index in [1.54, 1.807) is 6.08 Å². The second-order valence-electron chi connectivity index (χ2n) is 9.29. The second-order valence-corrected chi connectivity index (χ2v) is 9.70. The number of hydrogen-bond acceptors (Lipinski definition) is 4. The smallest absolute Gasteiger partial charge is 0.187 e. The summed E-state index contributed by atoms with van der Waals surface area (Å²) in [7, 11) is 0. The Labute approximate surface area is 224 Å². The van der Waals surface area contributed by atoms with Gasteiger partial charge >= 0.3 is 0 Å². The minimum atomic E-state index is -0.116. The van der Waals surface area contributed by atoms with Gasteiger partial charge in [-0.2, -0.15) is 5.10 Å². The van der Waals surface area contributed by atoms with E-state index in [1.165, 1.54) is 70.6 Å². The van der Waals surface area contributed by atoms with Crippen molar-refractivity contribution < 1.29 is 0 Å². The standard InChI is InChI=1S/C30H45N5S/c1-3-5-6-7-8-9-10-11-12-13-14-15-22-28(34-35-30(36)33-23-4-2)29(26-20-16-18-24-31-26)27-21-17-19-25-32-27/h4,16-21,24-25,29H,2-3,5-15,22-23H2,1H3,(H2,33,35,36). The molecule has 0 saturated carbocycles. The van der Waals surface area contributed by atoms with Gasteiger partial charge in [0.1, 0.15) is 0 Å². The fourth-order valence-corrected chi connectivity index (χ4v) is 4.45. The summed E-state index contributed by atoms with van der Waals surface area (Å²) >= 11 is 5.38. The Balaban J connectivity index is 1.93. The van der Waals surface area contributed by atoms with Gasteiger partial charge in [0.15, 0.2) is 5.11 Å². The largest absolute Gasteiger partial charge is 0.358 e. The summed E-state index contributed by atoms with van der Waals surface area (Å²) in [6.07, 6.45) is 22.2. The van der Waals surface area contributed by atoms with Crippen molar-refractivity contribution in [1.29, 1.82) is 0 Å². The molecule has 0 atom stereocenters. The van der Waals surface area contributed by atoms with Crippen LogP contribution in [0.25, 0.3) is 0 Å². The summed E-state index contributed by atoms with van der Waals surface area (Å²) in [5, 5.41) is 8.34. The van der Waals surface area contributed by atoms with Gasteiger partial charge in [0.2, 0.25) is 0 Å². The Morgan fingerprint density at radius 2 is 1.39 bits per heavy atom. The third kappa shape index (κ3) is 12.4.